The predicted octanol–water partition coefficient (Wildman–Crippen LogP) is 1.18. The molecule has 0 aliphatic rings. The number of carboxylic acid groups (broad SMARTS) is 1. The van der Waals surface area contributed by atoms with Crippen LogP contribution in [0.4, 0.5) is 0 Å². The number of hydrogen-bond acceptors (Lipinski definition) is 2. The van der Waals surface area contributed by atoms with E-state index in [1.165, 1.54) is 6.92 Å². The van der Waals surface area contributed by atoms with Gasteiger partial charge in [0.05, 0.1) is 0 Å². The van der Waals surface area contributed by atoms with E-state index in [0.29, 0.717) is 23.5 Å². The summed E-state index contributed by atoms with van der Waals surface area (Å²) < 4.78 is 10.9. The minimum Gasteiger partial charge on any atom is -0.478 e. The Hall–Kier alpha value is -0.640. The molecule has 0 amide bonds. The van der Waals surface area contributed by atoms with E-state index < -0.39 is 16.8 Å². The Morgan fingerprint density at radius 3 is 2.58 bits per heavy atom. The van der Waals surface area contributed by atoms with E-state index in [9.17, 15) is 9.00 Å². The van der Waals surface area contributed by atoms with Crippen LogP contribution in [0.1, 0.15) is 20.3 Å². The number of carbonyl (C=O) groups is 1. The van der Waals surface area contributed by atoms with Crippen molar-refractivity contribution in [1.29, 1.82) is 0 Å². The second-order valence-corrected chi connectivity index (χ2v) is 4.28. The van der Waals surface area contributed by atoms with E-state index in [4.69, 9.17) is 5.11 Å². The first kappa shape index (κ1) is 11.4. The molecule has 4 heteroatoms. The molecular formula is C8H14O3S. The van der Waals surface area contributed by atoms with E-state index in [-0.39, 0.29) is 0 Å². The minimum atomic E-state index is -0.905. The highest BCUT2D eigenvalue weighted by atomic mass is 32.2. The van der Waals surface area contributed by atoms with Crippen LogP contribution in [0.3, 0.4) is 0 Å². The molecule has 1 unspecified atom stereocenters. The summed E-state index contributed by atoms with van der Waals surface area (Å²) in [7, 11) is -0.794. The maximum atomic E-state index is 10.9. The molecule has 0 saturated heterocycles. The lowest BCUT2D eigenvalue weighted by molar-refractivity contribution is -0.132. The van der Waals surface area contributed by atoms with Crippen molar-refractivity contribution >= 4 is 16.8 Å². The third-order valence-electron chi connectivity index (χ3n) is 1.46. The number of rotatable bonds is 5. The van der Waals surface area contributed by atoms with Crippen LogP contribution in [0, 0.1) is 0 Å². The quantitative estimate of drug-likeness (QED) is 0.662. The average Bonchev–Trinajstić information content (AvgIpc) is 2.03. The van der Waals surface area contributed by atoms with Gasteiger partial charge < -0.3 is 5.11 Å². The van der Waals surface area contributed by atoms with Gasteiger partial charge in [0.25, 0.3) is 0 Å². The first-order valence-corrected chi connectivity index (χ1v) is 5.31. The molecule has 0 fully saturated rings. The van der Waals surface area contributed by atoms with Gasteiger partial charge in [0.2, 0.25) is 0 Å². The van der Waals surface area contributed by atoms with Gasteiger partial charge in [0.15, 0.2) is 0 Å². The monoisotopic (exact) mass is 190 g/mol. The van der Waals surface area contributed by atoms with E-state index in [1.54, 1.807) is 6.08 Å². The van der Waals surface area contributed by atoms with Crippen molar-refractivity contribution in [3.63, 3.8) is 0 Å². The fourth-order valence-electron chi connectivity index (χ4n) is 0.639. The molecule has 3 nitrogen and oxygen atoms in total. The summed E-state index contributed by atoms with van der Waals surface area (Å²) in [4.78, 5) is 10.3. The standard InChI is InChI=1S/C8H14O3S/c1-3-12(11)6-4-5-7(2)8(9)10/h5H,3-4,6H2,1-2H3,(H,9,10). The van der Waals surface area contributed by atoms with Gasteiger partial charge >= 0.3 is 5.97 Å². The topological polar surface area (TPSA) is 54.4 Å². The zero-order valence-corrected chi connectivity index (χ0v) is 8.19. The number of allylic oxidation sites excluding steroid dienone is 1. The van der Waals surface area contributed by atoms with Gasteiger partial charge in [0.1, 0.15) is 0 Å². The van der Waals surface area contributed by atoms with Crippen molar-refractivity contribution in [2.75, 3.05) is 11.5 Å². The third-order valence-corrected chi connectivity index (χ3v) is 2.79. The lowest BCUT2D eigenvalue weighted by Gasteiger charge is -1.95. The third kappa shape index (κ3) is 5.07. The molecule has 0 spiro atoms. The first-order chi connectivity index (χ1) is 5.57. The zero-order valence-electron chi connectivity index (χ0n) is 7.37. The average molecular weight is 190 g/mol. The maximum absolute atomic E-state index is 10.9. The van der Waals surface area contributed by atoms with Crippen LogP contribution in [-0.4, -0.2) is 26.8 Å². The van der Waals surface area contributed by atoms with Crippen molar-refractivity contribution in [3.05, 3.63) is 11.6 Å². The second kappa shape index (κ2) is 5.94. The lowest BCUT2D eigenvalue weighted by Crippen LogP contribution is -2.00. The van der Waals surface area contributed by atoms with Gasteiger partial charge in [0, 0.05) is 27.9 Å². The molecule has 70 valence electrons. The normalized spacial score (nSPS) is 14.3. The molecule has 0 saturated carbocycles. The number of aliphatic carboxylic acids is 1. The molecule has 0 bridgehead atoms. The molecule has 0 aromatic carbocycles. The molecule has 1 N–H and O–H groups in total. The highest BCUT2D eigenvalue weighted by Crippen LogP contribution is 1.96. The molecule has 0 aromatic heterocycles. The molecule has 12 heavy (non-hydrogen) atoms. The fraction of sp³-hybridized carbons (Fsp3) is 0.625. The van der Waals surface area contributed by atoms with Crippen LogP contribution in [-0.2, 0) is 15.6 Å². The molecule has 0 aromatic rings. The molecule has 0 heterocycles. The maximum Gasteiger partial charge on any atom is 0.330 e. The largest absolute Gasteiger partial charge is 0.478 e. The van der Waals surface area contributed by atoms with Crippen LogP contribution in [0.2, 0.25) is 0 Å². The Balaban J connectivity index is 3.75. The van der Waals surface area contributed by atoms with Crippen molar-refractivity contribution in [1.82, 2.24) is 0 Å². The molecule has 1 atom stereocenters. The summed E-state index contributed by atoms with van der Waals surface area (Å²) in [6.07, 6.45) is 2.19. The van der Waals surface area contributed by atoms with E-state index >= 15 is 0 Å². The Morgan fingerprint density at radius 2 is 2.17 bits per heavy atom. The molecule has 0 aliphatic carbocycles. The van der Waals surface area contributed by atoms with Gasteiger partial charge in [-0.15, -0.1) is 0 Å². The Kier molecular flexibility index (Phi) is 5.62. The Bertz CT molecular complexity index is 208. The van der Waals surface area contributed by atoms with Gasteiger partial charge in [-0.25, -0.2) is 4.79 Å². The fourth-order valence-corrected chi connectivity index (χ4v) is 1.31. The highest BCUT2D eigenvalue weighted by molar-refractivity contribution is 7.84. The molecule has 0 radical (unpaired) electrons. The van der Waals surface area contributed by atoms with Crippen molar-refractivity contribution < 1.29 is 14.1 Å². The van der Waals surface area contributed by atoms with Crippen LogP contribution in [0.5, 0.6) is 0 Å². The van der Waals surface area contributed by atoms with Crippen molar-refractivity contribution in [2.45, 2.75) is 20.3 Å². The van der Waals surface area contributed by atoms with Crippen LogP contribution in [0.15, 0.2) is 11.6 Å². The lowest BCUT2D eigenvalue weighted by atomic mass is 10.2. The van der Waals surface area contributed by atoms with E-state index in [2.05, 4.69) is 0 Å². The molecule has 0 rings (SSSR count). The van der Waals surface area contributed by atoms with Crippen LogP contribution >= 0.6 is 0 Å². The van der Waals surface area contributed by atoms with Crippen molar-refractivity contribution in [3.8, 4) is 0 Å². The zero-order chi connectivity index (χ0) is 9.56. The summed E-state index contributed by atoms with van der Waals surface area (Å²) in [5.41, 5.74) is 0.322. The SMILES string of the molecule is CCS(=O)CCC=C(C)C(=O)O. The Morgan fingerprint density at radius 1 is 1.58 bits per heavy atom. The van der Waals surface area contributed by atoms with Gasteiger partial charge in [-0.05, 0) is 13.3 Å². The summed E-state index contributed by atoms with van der Waals surface area (Å²) in [5, 5.41) is 8.46. The Labute approximate surface area is 74.9 Å². The smallest absolute Gasteiger partial charge is 0.330 e. The predicted molar refractivity (Wildman–Crippen MR) is 49.6 cm³/mol. The van der Waals surface area contributed by atoms with Crippen molar-refractivity contribution in [2.24, 2.45) is 0 Å². The summed E-state index contributed by atoms with van der Waals surface area (Å²) in [6, 6.07) is 0. The molecular weight excluding hydrogens is 176 g/mol. The summed E-state index contributed by atoms with van der Waals surface area (Å²) in [5.74, 6) is 0.290. The van der Waals surface area contributed by atoms with Crippen LogP contribution < -0.4 is 0 Å². The first-order valence-electron chi connectivity index (χ1n) is 3.83. The van der Waals surface area contributed by atoms with Gasteiger partial charge in [-0.1, -0.05) is 13.0 Å². The van der Waals surface area contributed by atoms with Gasteiger partial charge in [-0.2, -0.15) is 0 Å². The van der Waals surface area contributed by atoms with E-state index in [0.717, 1.165) is 0 Å². The summed E-state index contributed by atoms with van der Waals surface area (Å²) in [6.45, 7) is 3.39. The van der Waals surface area contributed by atoms with Gasteiger partial charge in [-0.3, -0.25) is 4.21 Å². The van der Waals surface area contributed by atoms with Crippen LogP contribution in [0.25, 0.3) is 0 Å². The number of hydrogen-bond donors (Lipinski definition) is 1. The van der Waals surface area contributed by atoms with E-state index in [1.807, 2.05) is 6.92 Å². The highest BCUT2D eigenvalue weighted by Gasteiger charge is 1.99. The second-order valence-electron chi connectivity index (χ2n) is 2.41. The minimum absolute atomic E-state index is 0.322. The summed E-state index contributed by atoms with van der Waals surface area (Å²) >= 11 is 0. The number of carboxylic acids is 1. The molecule has 0 aliphatic heterocycles.